The quantitative estimate of drug-likeness (QED) is 0.172. The van der Waals surface area contributed by atoms with Gasteiger partial charge >= 0.3 is 0 Å². The third-order valence-corrected chi connectivity index (χ3v) is 10.6. The minimum atomic E-state index is 1.03. The number of hydrogen-bond acceptors (Lipinski definition) is 1. The van der Waals surface area contributed by atoms with Crippen LogP contribution in [0, 0.1) is 0 Å². The fourth-order valence-electron chi connectivity index (χ4n) is 8.29. The predicted molar refractivity (Wildman–Crippen MR) is 221 cm³/mol. The summed E-state index contributed by atoms with van der Waals surface area (Å²) in [6.45, 7) is 0. The Morgan fingerprint density at radius 1 is 0.481 bits per heavy atom. The van der Waals surface area contributed by atoms with Gasteiger partial charge in [0.2, 0.25) is 0 Å². The van der Waals surface area contributed by atoms with Crippen molar-refractivity contribution in [3.8, 4) is 27.9 Å². The summed E-state index contributed by atoms with van der Waals surface area (Å²) in [6.07, 6.45) is 6.75. The third kappa shape index (κ3) is 5.03. The second kappa shape index (κ2) is 12.6. The van der Waals surface area contributed by atoms with Crippen molar-refractivity contribution in [2.75, 3.05) is 4.90 Å². The predicted octanol–water partition coefficient (Wildman–Crippen LogP) is 13.7. The summed E-state index contributed by atoms with van der Waals surface area (Å²) in [7, 11) is 0. The van der Waals surface area contributed by atoms with Gasteiger partial charge in [-0.15, -0.1) is 0 Å². The molecular formula is C50H36N2. The highest BCUT2D eigenvalue weighted by atomic mass is 15.1. The van der Waals surface area contributed by atoms with Crippen molar-refractivity contribution in [3.63, 3.8) is 0 Å². The van der Waals surface area contributed by atoms with Gasteiger partial charge < -0.3 is 9.47 Å². The summed E-state index contributed by atoms with van der Waals surface area (Å²) in [5.74, 6) is 0. The van der Waals surface area contributed by atoms with E-state index in [2.05, 4.69) is 204 Å². The molecule has 0 amide bonds. The topological polar surface area (TPSA) is 8.17 Å². The van der Waals surface area contributed by atoms with Crippen molar-refractivity contribution >= 4 is 55.6 Å². The molecule has 1 aliphatic rings. The number of allylic oxidation sites excluding steroid dienone is 1. The van der Waals surface area contributed by atoms with E-state index in [9.17, 15) is 0 Å². The molecule has 0 saturated carbocycles. The van der Waals surface area contributed by atoms with Crippen LogP contribution in [0.2, 0.25) is 0 Å². The van der Waals surface area contributed by atoms with Crippen LogP contribution < -0.4 is 4.90 Å². The van der Waals surface area contributed by atoms with Crippen LogP contribution in [0.25, 0.3) is 66.5 Å². The summed E-state index contributed by atoms with van der Waals surface area (Å²) in [4.78, 5) is 2.42. The van der Waals surface area contributed by atoms with Gasteiger partial charge in [0.15, 0.2) is 0 Å². The molecule has 0 radical (unpaired) electrons. The molecule has 0 atom stereocenters. The van der Waals surface area contributed by atoms with Crippen molar-refractivity contribution < 1.29 is 0 Å². The summed E-state index contributed by atoms with van der Waals surface area (Å²) < 4.78 is 2.47. The molecule has 10 rings (SSSR count). The lowest BCUT2D eigenvalue weighted by molar-refractivity contribution is 0.888. The number of benzene rings is 8. The lowest BCUT2D eigenvalue weighted by Gasteiger charge is -2.27. The summed E-state index contributed by atoms with van der Waals surface area (Å²) in [5, 5.41) is 6.27. The van der Waals surface area contributed by atoms with Crippen LogP contribution in [0.4, 0.5) is 17.1 Å². The van der Waals surface area contributed by atoms with Crippen LogP contribution >= 0.6 is 0 Å². The zero-order chi connectivity index (χ0) is 34.4. The van der Waals surface area contributed by atoms with Gasteiger partial charge in [0.25, 0.3) is 0 Å². The van der Waals surface area contributed by atoms with E-state index in [0.29, 0.717) is 0 Å². The average molecular weight is 665 g/mol. The third-order valence-electron chi connectivity index (χ3n) is 10.6. The molecule has 0 aliphatic heterocycles. The average Bonchev–Trinajstić information content (AvgIpc) is 3.56. The molecule has 0 spiro atoms. The molecule has 0 fully saturated rings. The van der Waals surface area contributed by atoms with Crippen molar-refractivity contribution in [3.05, 3.63) is 199 Å². The first-order chi connectivity index (χ1) is 25.8. The fourth-order valence-corrected chi connectivity index (χ4v) is 8.29. The number of nitrogens with zero attached hydrogens (tertiary/aromatic N) is 2. The van der Waals surface area contributed by atoms with Gasteiger partial charge in [-0.25, -0.2) is 0 Å². The molecule has 0 saturated heterocycles. The molecule has 52 heavy (non-hydrogen) atoms. The zero-order valence-electron chi connectivity index (χ0n) is 28.8. The molecule has 246 valence electrons. The number of fused-ring (bicyclic) bond motifs is 5. The maximum absolute atomic E-state index is 2.47. The second-order valence-electron chi connectivity index (χ2n) is 13.6. The van der Waals surface area contributed by atoms with Gasteiger partial charge in [-0.2, -0.15) is 0 Å². The highest BCUT2D eigenvalue weighted by Crippen LogP contribution is 2.44. The molecule has 0 unspecified atom stereocenters. The Labute approximate surface area is 304 Å². The second-order valence-corrected chi connectivity index (χ2v) is 13.6. The van der Waals surface area contributed by atoms with Crippen LogP contribution in [-0.2, 0) is 6.42 Å². The Balaban J connectivity index is 1.15. The normalized spacial score (nSPS) is 12.4. The summed E-state index contributed by atoms with van der Waals surface area (Å²) in [6, 6.07) is 66.3. The number of aromatic nitrogens is 1. The van der Waals surface area contributed by atoms with E-state index in [0.717, 1.165) is 29.9 Å². The fraction of sp³-hybridized carbons (Fsp3) is 0.0400. The van der Waals surface area contributed by atoms with E-state index < -0.39 is 0 Å². The van der Waals surface area contributed by atoms with Crippen molar-refractivity contribution in [2.45, 2.75) is 12.8 Å². The molecule has 0 bridgehead atoms. The van der Waals surface area contributed by atoms with Crippen molar-refractivity contribution in [1.29, 1.82) is 0 Å². The molecule has 0 N–H and O–H groups in total. The first kappa shape index (κ1) is 30.2. The zero-order valence-corrected chi connectivity index (χ0v) is 28.8. The molecule has 2 nitrogen and oxygen atoms in total. The first-order valence-corrected chi connectivity index (χ1v) is 18.2. The van der Waals surface area contributed by atoms with E-state index in [1.165, 1.54) is 71.6 Å². The number of para-hydroxylation sites is 1. The highest BCUT2D eigenvalue weighted by Gasteiger charge is 2.22. The molecule has 8 aromatic carbocycles. The number of hydrogen-bond donors (Lipinski definition) is 0. The summed E-state index contributed by atoms with van der Waals surface area (Å²) >= 11 is 0. The first-order valence-electron chi connectivity index (χ1n) is 18.2. The van der Waals surface area contributed by atoms with Crippen LogP contribution in [0.1, 0.15) is 17.7 Å². The SMILES string of the molecule is C1=Cc2c(n(-c3ccccc3)c3cccc(-c4cccc(N(c5ccc(-c6cccc7ccccc67)cc5)c5cccc6ccccc56)c4)c23)CC1. The molecule has 9 aromatic rings. The number of rotatable bonds is 6. The maximum Gasteiger partial charge on any atom is 0.0543 e. The molecular weight excluding hydrogens is 629 g/mol. The molecule has 1 heterocycles. The van der Waals surface area contributed by atoms with Gasteiger partial charge in [0.1, 0.15) is 0 Å². The van der Waals surface area contributed by atoms with E-state index in [1.54, 1.807) is 0 Å². The van der Waals surface area contributed by atoms with Crippen LogP contribution in [0.3, 0.4) is 0 Å². The Bertz CT molecular complexity index is 2780. The van der Waals surface area contributed by atoms with Crippen LogP contribution in [-0.4, -0.2) is 4.57 Å². The largest absolute Gasteiger partial charge is 0.313 e. The van der Waals surface area contributed by atoms with Gasteiger partial charge in [-0.3, -0.25) is 0 Å². The van der Waals surface area contributed by atoms with Crippen molar-refractivity contribution in [1.82, 2.24) is 4.57 Å². The van der Waals surface area contributed by atoms with Crippen LogP contribution in [0.5, 0.6) is 0 Å². The lowest BCUT2D eigenvalue weighted by Crippen LogP contribution is -2.10. The van der Waals surface area contributed by atoms with E-state index >= 15 is 0 Å². The van der Waals surface area contributed by atoms with Crippen molar-refractivity contribution in [2.24, 2.45) is 0 Å². The maximum atomic E-state index is 2.47. The minimum absolute atomic E-state index is 1.03. The highest BCUT2D eigenvalue weighted by molar-refractivity contribution is 6.05. The Morgan fingerprint density at radius 3 is 2.00 bits per heavy atom. The molecule has 1 aromatic heterocycles. The van der Waals surface area contributed by atoms with Gasteiger partial charge in [-0.05, 0) is 99.8 Å². The molecule has 2 heteroatoms. The van der Waals surface area contributed by atoms with E-state index in [1.807, 2.05) is 0 Å². The van der Waals surface area contributed by atoms with Gasteiger partial charge in [-0.1, -0.05) is 146 Å². The van der Waals surface area contributed by atoms with E-state index in [-0.39, 0.29) is 0 Å². The minimum Gasteiger partial charge on any atom is -0.313 e. The van der Waals surface area contributed by atoms with Crippen LogP contribution in [0.15, 0.2) is 188 Å². The monoisotopic (exact) mass is 664 g/mol. The lowest BCUT2D eigenvalue weighted by atomic mass is 9.95. The summed E-state index contributed by atoms with van der Waals surface area (Å²) in [5.41, 5.74) is 13.5. The van der Waals surface area contributed by atoms with Gasteiger partial charge in [0.05, 0.1) is 11.2 Å². The number of anilines is 3. The van der Waals surface area contributed by atoms with E-state index in [4.69, 9.17) is 0 Å². The smallest absolute Gasteiger partial charge is 0.0543 e. The Kier molecular flexibility index (Phi) is 7.32. The Hall–Kier alpha value is -6.64. The standard InChI is InChI=1S/C50H36N2/c1-2-19-39(20-3-1)52-48-27-9-8-24-46(48)50-45(26-13-29-49(50)52)38-18-10-21-41(34-38)51(47-28-12-17-36-15-5-7-23-44(36)47)40-32-30-37(31-33-40)43-25-11-16-35-14-4-6-22-42(35)43/h1-8,10-26,28-34H,9,27H2. The molecule has 1 aliphatic carbocycles. The Morgan fingerprint density at radius 2 is 1.15 bits per heavy atom. The van der Waals surface area contributed by atoms with Gasteiger partial charge in [0, 0.05) is 39.1 Å².